The van der Waals surface area contributed by atoms with Gasteiger partial charge in [0.15, 0.2) is 0 Å². The Labute approximate surface area is 93.3 Å². The van der Waals surface area contributed by atoms with Crippen LogP contribution in [-0.4, -0.2) is 4.98 Å². The third-order valence-electron chi connectivity index (χ3n) is 3.36. The van der Waals surface area contributed by atoms with Crippen molar-refractivity contribution in [2.75, 3.05) is 5.73 Å². The van der Waals surface area contributed by atoms with Gasteiger partial charge in [0.05, 0.1) is 10.9 Å². The second-order valence-corrected chi connectivity index (χ2v) is 4.39. The van der Waals surface area contributed by atoms with Gasteiger partial charge in [-0.1, -0.05) is 6.07 Å². The highest BCUT2D eigenvalue weighted by molar-refractivity contribution is 5.94. The molecule has 3 heteroatoms. The topological polar surface area (TPSA) is 38.9 Å². The number of pyridine rings is 1. The van der Waals surface area contributed by atoms with Crippen molar-refractivity contribution < 1.29 is 4.39 Å². The number of rotatable bonds is 0. The van der Waals surface area contributed by atoms with Crippen LogP contribution < -0.4 is 5.73 Å². The summed E-state index contributed by atoms with van der Waals surface area (Å²) in [4.78, 5) is 4.56. The first kappa shape index (κ1) is 9.58. The van der Waals surface area contributed by atoms with E-state index in [9.17, 15) is 4.39 Å². The molecule has 0 amide bonds. The summed E-state index contributed by atoms with van der Waals surface area (Å²) in [6.45, 7) is 1.94. The molecule has 1 heterocycles. The minimum Gasteiger partial charge on any atom is -0.398 e. The van der Waals surface area contributed by atoms with E-state index in [1.54, 1.807) is 6.07 Å². The Balaban J connectivity index is 2.50. The standard InChI is InChI=1S/C13H13FN2/c1-7-5-6-9(14)11-12(15)8-3-2-4-10(8)16-13(7)11/h5-6H,2-4H2,1H3,(H2,15,16). The number of hydrogen-bond donors (Lipinski definition) is 1. The third-order valence-corrected chi connectivity index (χ3v) is 3.36. The average Bonchev–Trinajstić information content (AvgIpc) is 2.72. The second-order valence-electron chi connectivity index (χ2n) is 4.39. The molecule has 0 aliphatic heterocycles. The molecular weight excluding hydrogens is 203 g/mol. The molecule has 2 nitrogen and oxygen atoms in total. The van der Waals surface area contributed by atoms with E-state index in [4.69, 9.17) is 5.73 Å². The van der Waals surface area contributed by atoms with E-state index in [1.165, 1.54) is 6.07 Å². The van der Waals surface area contributed by atoms with E-state index in [0.29, 0.717) is 11.1 Å². The van der Waals surface area contributed by atoms with E-state index in [1.807, 2.05) is 6.92 Å². The van der Waals surface area contributed by atoms with E-state index >= 15 is 0 Å². The summed E-state index contributed by atoms with van der Waals surface area (Å²) in [5, 5.41) is 0.501. The molecule has 0 fully saturated rings. The van der Waals surface area contributed by atoms with Gasteiger partial charge in [0, 0.05) is 11.4 Å². The van der Waals surface area contributed by atoms with Crippen molar-refractivity contribution in [2.45, 2.75) is 26.2 Å². The molecule has 0 bridgehead atoms. The fourth-order valence-corrected chi connectivity index (χ4v) is 2.50. The quantitative estimate of drug-likeness (QED) is 0.735. The number of aromatic nitrogens is 1. The summed E-state index contributed by atoms with van der Waals surface area (Å²) in [6, 6.07) is 3.22. The number of nitrogens with zero attached hydrogens (tertiary/aromatic N) is 1. The minimum atomic E-state index is -0.264. The van der Waals surface area contributed by atoms with Crippen LogP contribution in [0.15, 0.2) is 12.1 Å². The molecule has 0 saturated heterocycles. The lowest BCUT2D eigenvalue weighted by Crippen LogP contribution is -2.01. The Morgan fingerprint density at radius 1 is 1.31 bits per heavy atom. The summed E-state index contributed by atoms with van der Waals surface area (Å²) in [5.41, 5.74) is 10.5. The van der Waals surface area contributed by atoms with Gasteiger partial charge >= 0.3 is 0 Å². The fourth-order valence-electron chi connectivity index (χ4n) is 2.50. The third kappa shape index (κ3) is 1.14. The predicted molar refractivity (Wildman–Crippen MR) is 62.9 cm³/mol. The summed E-state index contributed by atoms with van der Waals surface area (Å²) in [6.07, 6.45) is 2.96. The molecule has 1 aliphatic rings. The van der Waals surface area contributed by atoms with Gasteiger partial charge in [0.1, 0.15) is 5.82 Å². The van der Waals surface area contributed by atoms with Gasteiger partial charge in [-0.3, -0.25) is 4.98 Å². The average molecular weight is 216 g/mol. The monoisotopic (exact) mass is 216 g/mol. The van der Waals surface area contributed by atoms with Crippen LogP contribution in [0.2, 0.25) is 0 Å². The lowest BCUT2D eigenvalue weighted by atomic mass is 10.0. The Kier molecular flexibility index (Phi) is 1.90. The zero-order valence-corrected chi connectivity index (χ0v) is 9.18. The SMILES string of the molecule is Cc1ccc(F)c2c(N)c3c(nc12)CCC3. The van der Waals surface area contributed by atoms with Crippen LogP contribution in [-0.2, 0) is 12.8 Å². The largest absolute Gasteiger partial charge is 0.398 e. The Bertz CT molecular complexity index is 590. The number of fused-ring (bicyclic) bond motifs is 2. The van der Waals surface area contributed by atoms with Crippen molar-refractivity contribution in [1.29, 1.82) is 0 Å². The van der Waals surface area contributed by atoms with Gasteiger partial charge in [-0.15, -0.1) is 0 Å². The smallest absolute Gasteiger partial charge is 0.134 e. The van der Waals surface area contributed by atoms with Crippen LogP contribution >= 0.6 is 0 Å². The van der Waals surface area contributed by atoms with Crippen LogP contribution in [0, 0.1) is 12.7 Å². The fraction of sp³-hybridized carbons (Fsp3) is 0.308. The van der Waals surface area contributed by atoms with Crippen molar-refractivity contribution in [3.8, 4) is 0 Å². The maximum absolute atomic E-state index is 13.8. The van der Waals surface area contributed by atoms with Crippen molar-refractivity contribution >= 4 is 16.6 Å². The van der Waals surface area contributed by atoms with Gasteiger partial charge in [0.2, 0.25) is 0 Å². The molecule has 1 aliphatic carbocycles. The lowest BCUT2D eigenvalue weighted by Gasteiger charge is -2.10. The van der Waals surface area contributed by atoms with Gasteiger partial charge in [-0.25, -0.2) is 4.39 Å². The van der Waals surface area contributed by atoms with Gasteiger partial charge < -0.3 is 5.73 Å². The molecule has 2 N–H and O–H groups in total. The maximum atomic E-state index is 13.8. The van der Waals surface area contributed by atoms with Crippen molar-refractivity contribution in [3.63, 3.8) is 0 Å². The zero-order chi connectivity index (χ0) is 11.3. The Morgan fingerprint density at radius 2 is 2.12 bits per heavy atom. The first-order valence-corrected chi connectivity index (χ1v) is 5.54. The summed E-state index contributed by atoms with van der Waals surface area (Å²) < 4.78 is 13.8. The zero-order valence-electron chi connectivity index (χ0n) is 9.18. The van der Waals surface area contributed by atoms with Crippen LogP contribution in [0.25, 0.3) is 10.9 Å². The van der Waals surface area contributed by atoms with Crippen molar-refractivity contribution in [1.82, 2.24) is 4.98 Å². The molecule has 1 aromatic heterocycles. The first-order valence-electron chi connectivity index (χ1n) is 5.54. The second kappa shape index (κ2) is 3.17. The molecule has 0 spiro atoms. The van der Waals surface area contributed by atoms with Gasteiger partial charge in [-0.05, 0) is 43.4 Å². The van der Waals surface area contributed by atoms with E-state index in [-0.39, 0.29) is 5.82 Å². The normalized spacial score (nSPS) is 14.4. The summed E-state index contributed by atoms with van der Waals surface area (Å²) >= 11 is 0. The van der Waals surface area contributed by atoms with Crippen LogP contribution in [0.3, 0.4) is 0 Å². The van der Waals surface area contributed by atoms with Gasteiger partial charge in [0.25, 0.3) is 0 Å². The molecule has 0 atom stereocenters. The summed E-state index contributed by atoms with van der Waals surface area (Å²) in [7, 11) is 0. The highest BCUT2D eigenvalue weighted by atomic mass is 19.1. The summed E-state index contributed by atoms with van der Waals surface area (Å²) in [5.74, 6) is -0.264. The number of benzene rings is 1. The Hall–Kier alpha value is -1.64. The molecule has 82 valence electrons. The van der Waals surface area contributed by atoms with E-state index in [2.05, 4.69) is 4.98 Å². The molecule has 1 aromatic carbocycles. The highest BCUT2D eigenvalue weighted by Gasteiger charge is 2.20. The number of anilines is 1. The highest BCUT2D eigenvalue weighted by Crippen LogP contribution is 2.34. The maximum Gasteiger partial charge on any atom is 0.134 e. The molecule has 2 aromatic rings. The Morgan fingerprint density at radius 3 is 2.94 bits per heavy atom. The van der Waals surface area contributed by atoms with Crippen LogP contribution in [0.4, 0.5) is 10.1 Å². The molecule has 16 heavy (non-hydrogen) atoms. The van der Waals surface area contributed by atoms with Crippen LogP contribution in [0.5, 0.6) is 0 Å². The number of nitrogen functional groups attached to an aromatic ring is 1. The van der Waals surface area contributed by atoms with E-state index in [0.717, 1.165) is 41.6 Å². The number of aryl methyl sites for hydroxylation is 2. The minimum absolute atomic E-state index is 0.264. The molecule has 0 saturated carbocycles. The van der Waals surface area contributed by atoms with E-state index < -0.39 is 0 Å². The molecule has 0 radical (unpaired) electrons. The van der Waals surface area contributed by atoms with Crippen LogP contribution in [0.1, 0.15) is 23.2 Å². The molecule has 0 unspecified atom stereocenters. The number of nitrogens with two attached hydrogens (primary N) is 1. The number of hydrogen-bond acceptors (Lipinski definition) is 2. The number of halogens is 1. The first-order chi connectivity index (χ1) is 7.68. The van der Waals surface area contributed by atoms with Crippen molar-refractivity contribution in [2.24, 2.45) is 0 Å². The van der Waals surface area contributed by atoms with Gasteiger partial charge in [-0.2, -0.15) is 0 Å². The molecular formula is C13H13FN2. The lowest BCUT2D eigenvalue weighted by molar-refractivity contribution is 0.639. The van der Waals surface area contributed by atoms with Crippen molar-refractivity contribution in [3.05, 3.63) is 34.8 Å². The molecule has 3 rings (SSSR count). The predicted octanol–water partition coefficient (Wildman–Crippen LogP) is 2.75.